The van der Waals surface area contributed by atoms with Crippen molar-refractivity contribution in [3.05, 3.63) is 88.7 Å². The van der Waals surface area contributed by atoms with Crippen LogP contribution >= 0.6 is 0 Å². The van der Waals surface area contributed by atoms with Crippen LogP contribution in [0.3, 0.4) is 0 Å². The molecule has 7 nitrogen and oxygen atoms in total. The molecule has 1 aliphatic heterocycles. The van der Waals surface area contributed by atoms with Crippen LogP contribution in [0, 0.1) is 25.6 Å². The molecule has 0 atom stereocenters. The fourth-order valence-corrected chi connectivity index (χ4v) is 6.09. The van der Waals surface area contributed by atoms with Crippen molar-refractivity contribution in [2.24, 2.45) is 5.92 Å². The van der Waals surface area contributed by atoms with E-state index >= 15 is 0 Å². The van der Waals surface area contributed by atoms with Crippen molar-refractivity contribution in [3.8, 4) is 0 Å². The monoisotopic (exact) mass is 523 g/mol. The van der Waals surface area contributed by atoms with E-state index < -0.39 is 27.7 Å². The number of amides is 2. The van der Waals surface area contributed by atoms with Crippen LogP contribution in [0.15, 0.2) is 65.6 Å². The van der Waals surface area contributed by atoms with Crippen molar-refractivity contribution >= 4 is 33.2 Å². The molecule has 2 amide bonds. The molecule has 0 radical (unpaired) electrons. The first-order valence-electron chi connectivity index (χ1n) is 12.1. The normalized spacial score (nSPS) is 14.8. The quantitative estimate of drug-likeness (QED) is 0.454. The molecular weight excluding hydrogens is 493 g/mol. The number of anilines is 2. The number of nitrogens with one attached hydrogen (secondary N) is 2. The van der Waals surface area contributed by atoms with Gasteiger partial charge in [-0.3, -0.25) is 9.59 Å². The number of benzene rings is 3. The van der Waals surface area contributed by atoms with Gasteiger partial charge in [0.15, 0.2) is 0 Å². The summed E-state index contributed by atoms with van der Waals surface area (Å²) in [5, 5.41) is 5.37. The van der Waals surface area contributed by atoms with Gasteiger partial charge in [-0.1, -0.05) is 19.1 Å². The predicted molar refractivity (Wildman–Crippen MR) is 142 cm³/mol. The van der Waals surface area contributed by atoms with Crippen LogP contribution in [0.1, 0.15) is 51.6 Å². The van der Waals surface area contributed by atoms with Crippen LogP contribution in [0.4, 0.5) is 15.8 Å². The average molecular weight is 524 g/mol. The molecule has 9 heteroatoms. The molecule has 4 rings (SSSR count). The summed E-state index contributed by atoms with van der Waals surface area (Å²) in [5.74, 6) is -0.937. The maximum atomic E-state index is 13.4. The van der Waals surface area contributed by atoms with E-state index in [0.717, 1.165) is 12.8 Å². The molecule has 0 spiro atoms. The van der Waals surface area contributed by atoms with E-state index in [2.05, 4.69) is 17.6 Å². The predicted octanol–water partition coefficient (Wildman–Crippen LogP) is 5.37. The highest BCUT2D eigenvalue weighted by molar-refractivity contribution is 7.89. The van der Waals surface area contributed by atoms with E-state index in [1.165, 1.54) is 34.6 Å². The van der Waals surface area contributed by atoms with Crippen LogP contribution in [0.5, 0.6) is 0 Å². The van der Waals surface area contributed by atoms with E-state index in [4.69, 9.17) is 0 Å². The third kappa shape index (κ3) is 6.06. The lowest BCUT2D eigenvalue weighted by molar-refractivity contribution is 0.101. The second-order valence-corrected chi connectivity index (χ2v) is 11.4. The van der Waals surface area contributed by atoms with E-state index in [0.29, 0.717) is 41.5 Å². The number of piperidine rings is 1. The first kappa shape index (κ1) is 26.5. The zero-order valence-corrected chi connectivity index (χ0v) is 21.9. The van der Waals surface area contributed by atoms with Crippen molar-refractivity contribution in [3.63, 3.8) is 0 Å². The van der Waals surface area contributed by atoms with Gasteiger partial charge in [0.1, 0.15) is 5.82 Å². The molecule has 0 saturated carbocycles. The van der Waals surface area contributed by atoms with Gasteiger partial charge in [0.25, 0.3) is 11.8 Å². The molecule has 0 aromatic heterocycles. The highest BCUT2D eigenvalue weighted by Crippen LogP contribution is 2.28. The van der Waals surface area contributed by atoms with Gasteiger partial charge in [-0.2, -0.15) is 4.31 Å². The van der Waals surface area contributed by atoms with Crippen molar-refractivity contribution in [2.75, 3.05) is 23.7 Å². The average Bonchev–Trinajstić information content (AvgIpc) is 2.86. The third-order valence-corrected chi connectivity index (χ3v) is 8.73. The first-order chi connectivity index (χ1) is 17.5. The van der Waals surface area contributed by atoms with E-state index in [-0.39, 0.29) is 16.0 Å². The van der Waals surface area contributed by atoms with Crippen molar-refractivity contribution < 1.29 is 22.4 Å². The molecule has 0 aliphatic carbocycles. The number of sulfonamides is 1. The minimum atomic E-state index is -3.74. The minimum absolute atomic E-state index is 0.135. The third-order valence-electron chi connectivity index (χ3n) is 6.71. The van der Waals surface area contributed by atoms with Crippen LogP contribution in [0.25, 0.3) is 0 Å². The number of aryl methyl sites for hydroxylation is 1. The zero-order chi connectivity index (χ0) is 26.7. The van der Waals surface area contributed by atoms with Gasteiger partial charge in [0.2, 0.25) is 10.0 Å². The molecule has 1 aliphatic rings. The van der Waals surface area contributed by atoms with Gasteiger partial charge in [0, 0.05) is 35.6 Å². The topological polar surface area (TPSA) is 95.6 Å². The molecule has 2 N–H and O–H groups in total. The number of carbonyl (C=O) groups excluding carboxylic acids is 2. The van der Waals surface area contributed by atoms with Crippen LogP contribution in [-0.4, -0.2) is 37.6 Å². The number of nitrogens with zero attached hydrogens (tertiary/aromatic N) is 1. The van der Waals surface area contributed by atoms with Gasteiger partial charge in [-0.15, -0.1) is 0 Å². The molecule has 3 aromatic rings. The summed E-state index contributed by atoms with van der Waals surface area (Å²) in [6, 6.07) is 14.9. The maximum absolute atomic E-state index is 13.4. The fraction of sp³-hybridized carbons (Fsp3) is 0.286. The smallest absolute Gasteiger partial charge is 0.255 e. The van der Waals surface area contributed by atoms with Crippen LogP contribution < -0.4 is 10.6 Å². The van der Waals surface area contributed by atoms with Crippen molar-refractivity contribution in [1.29, 1.82) is 0 Å². The van der Waals surface area contributed by atoms with Gasteiger partial charge < -0.3 is 10.6 Å². The second-order valence-electron chi connectivity index (χ2n) is 9.50. The number of halogens is 1. The molecule has 0 unspecified atom stereocenters. The highest BCUT2D eigenvalue weighted by Gasteiger charge is 2.30. The maximum Gasteiger partial charge on any atom is 0.255 e. The summed E-state index contributed by atoms with van der Waals surface area (Å²) in [6.45, 7) is 6.56. The standard InChI is InChI=1S/C28H30FN3O4S/c1-18-10-12-32(13-11-18)37(35,36)26-16-22(14-19(2)20(26)3)28(34)30-24-8-4-6-21(15-24)27(33)31-25-9-5-7-23(29)17-25/h4-9,14-18H,10-13H2,1-3H3,(H,30,34)(H,31,33). The fourth-order valence-electron chi connectivity index (χ4n) is 4.30. The molecular formula is C28H30FN3O4S. The SMILES string of the molecule is Cc1cc(C(=O)Nc2cccc(C(=O)Nc3cccc(F)c3)c2)cc(S(=O)(=O)N2CCC(C)CC2)c1C. The molecule has 37 heavy (non-hydrogen) atoms. The summed E-state index contributed by atoms with van der Waals surface area (Å²) >= 11 is 0. The summed E-state index contributed by atoms with van der Waals surface area (Å²) in [5.41, 5.74) is 2.47. The van der Waals surface area contributed by atoms with Gasteiger partial charge >= 0.3 is 0 Å². The zero-order valence-electron chi connectivity index (χ0n) is 21.0. The highest BCUT2D eigenvalue weighted by atomic mass is 32.2. The van der Waals surface area contributed by atoms with E-state index in [1.54, 1.807) is 44.2 Å². The van der Waals surface area contributed by atoms with E-state index in [1.807, 2.05) is 0 Å². The lowest BCUT2D eigenvalue weighted by Crippen LogP contribution is -2.38. The Balaban J connectivity index is 1.54. The Labute approximate surface area is 216 Å². The number of carbonyl (C=O) groups is 2. The largest absolute Gasteiger partial charge is 0.322 e. The minimum Gasteiger partial charge on any atom is -0.322 e. The summed E-state index contributed by atoms with van der Waals surface area (Å²) in [7, 11) is -3.74. The Kier molecular flexibility index (Phi) is 7.75. The van der Waals surface area contributed by atoms with E-state index in [9.17, 15) is 22.4 Å². The molecule has 1 fully saturated rings. The molecule has 1 heterocycles. The van der Waals surface area contributed by atoms with Crippen LogP contribution in [0.2, 0.25) is 0 Å². The van der Waals surface area contributed by atoms with Gasteiger partial charge in [-0.25, -0.2) is 12.8 Å². The molecule has 194 valence electrons. The summed E-state index contributed by atoms with van der Waals surface area (Å²) < 4.78 is 41.8. The lowest BCUT2D eigenvalue weighted by Gasteiger charge is -2.30. The van der Waals surface area contributed by atoms with Crippen molar-refractivity contribution in [2.45, 2.75) is 38.5 Å². The first-order valence-corrected chi connectivity index (χ1v) is 13.6. The molecule has 0 bridgehead atoms. The summed E-state index contributed by atoms with van der Waals surface area (Å²) in [4.78, 5) is 25.9. The number of hydrogen-bond acceptors (Lipinski definition) is 4. The Morgan fingerprint density at radius 2 is 1.46 bits per heavy atom. The second kappa shape index (κ2) is 10.8. The number of hydrogen-bond donors (Lipinski definition) is 2. The van der Waals surface area contributed by atoms with Crippen molar-refractivity contribution in [1.82, 2.24) is 4.31 Å². The molecule has 3 aromatic carbocycles. The van der Waals surface area contributed by atoms with Gasteiger partial charge in [0.05, 0.1) is 4.90 Å². The summed E-state index contributed by atoms with van der Waals surface area (Å²) in [6.07, 6.45) is 1.61. The number of rotatable bonds is 6. The Morgan fingerprint density at radius 1 is 0.865 bits per heavy atom. The molecule has 1 saturated heterocycles. The van der Waals surface area contributed by atoms with Gasteiger partial charge in [-0.05, 0) is 92.3 Å². The Hall–Kier alpha value is -3.56. The lowest BCUT2D eigenvalue weighted by atomic mass is 10.0. The van der Waals surface area contributed by atoms with Crippen LogP contribution in [-0.2, 0) is 10.0 Å². The Morgan fingerprint density at radius 3 is 2.11 bits per heavy atom. The Bertz CT molecular complexity index is 1450.